The molecule has 12 N–H and O–H groups in total. The molecule has 0 aromatic rings. The predicted octanol–water partition coefficient (Wildman–Crippen LogP) is 11.4. The zero-order valence-electron chi connectivity index (χ0n) is 58.3. The summed E-state index contributed by atoms with van der Waals surface area (Å²) >= 11 is 0. The summed E-state index contributed by atoms with van der Waals surface area (Å²) in [5, 5.41) is 120. The third-order valence-corrected chi connectivity index (χ3v) is 19.3. The van der Waals surface area contributed by atoms with Crippen molar-refractivity contribution in [2.45, 2.75) is 413 Å². The van der Waals surface area contributed by atoms with Gasteiger partial charge in [0.15, 0.2) is 18.9 Å². The molecule has 0 bridgehead atoms. The molecular weight excluding hydrogens is 1190 g/mol. The number of rotatable bonds is 60. The zero-order valence-corrected chi connectivity index (χ0v) is 58.3. The Morgan fingerprint density at radius 3 is 1.06 bits per heavy atom. The van der Waals surface area contributed by atoms with Crippen molar-refractivity contribution in [2.75, 3.05) is 26.4 Å². The molecule has 17 unspecified atom stereocenters. The molecule has 0 aliphatic carbocycles. The number of allylic oxidation sites excluding steroid dienone is 3. The number of aliphatic hydroxyl groups excluding tert-OH is 11. The van der Waals surface area contributed by atoms with E-state index < -0.39 is 124 Å². The second-order valence-corrected chi connectivity index (χ2v) is 27.5. The van der Waals surface area contributed by atoms with Crippen molar-refractivity contribution in [1.82, 2.24) is 5.32 Å². The van der Waals surface area contributed by atoms with E-state index in [4.69, 9.17) is 28.4 Å². The van der Waals surface area contributed by atoms with E-state index in [9.17, 15) is 61.0 Å². The van der Waals surface area contributed by atoms with E-state index in [0.29, 0.717) is 12.8 Å². The van der Waals surface area contributed by atoms with Crippen molar-refractivity contribution >= 4 is 5.91 Å². The van der Waals surface area contributed by atoms with Crippen LogP contribution in [0, 0.1) is 0 Å². The highest BCUT2D eigenvalue weighted by Gasteiger charge is 2.53. The Labute approximate surface area is 562 Å². The quantitative estimate of drug-likeness (QED) is 0.0199. The normalized spacial score (nSPS) is 27.6. The van der Waals surface area contributed by atoms with Crippen LogP contribution in [0.5, 0.6) is 0 Å². The maximum atomic E-state index is 13.3. The van der Waals surface area contributed by atoms with Crippen LogP contribution in [0.2, 0.25) is 0 Å². The van der Waals surface area contributed by atoms with Crippen LogP contribution in [0.3, 0.4) is 0 Å². The highest BCUT2D eigenvalue weighted by Crippen LogP contribution is 2.33. The van der Waals surface area contributed by atoms with E-state index in [2.05, 4.69) is 31.3 Å². The minimum absolute atomic E-state index is 0.240. The summed E-state index contributed by atoms with van der Waals surface area (Å²) in [4.78, 5) is 13.3. The molecule has 3 heterocycles. The molecular formula is C74H139NO18. The van der Waals surface area contributed by atoms with Crippen LogP contribution in [-0.4, -0.2) is 193 Å². The molecule has 0 saturated carbocycles. The van der Waals surface area contributed by atoms with Crippen molar-refractivity contribution in [1.29, 1.82) is 0 Å². The Morgan fingerprint density at radius 1 is 0.376 bits per heavy atom. The van der Waals surface area contributed by atoms with Gasteiger partial charge < -0.3 is 89.9 Å². The maximum absolute atomic E-state index is 13.3. The van der Waals surface area contributed by atoms with Gasteiger partial charge >= 0.3 is 0 Å². The third kappa shape index (κ3) is 37.3. The standard InChI is InChI=1S/C74H139NO18/c1-3-5-7-9-11-13-14-15-16-17-18-19-20-21-22-23-24-25-26-27-28-29-30-31-32-33-34-35-36-37-38-39-40-41-42-43-44-46-48-50-52-62(80)75-57(58(79)51-49-47-45-12-10-8-6-4-2)56-88-72-68(86)65(83)70(60(54-77)90-72)93-74-69(87)66(84)71(61(55-78)91-74)92-73-67(85)64(82)63(81)59(53-76)89-73/h10,12,49,51,57-61,63-74,76-79,81-87H,3-9,11,13-48,50,52-56H2,1-2H3,(H,75,80)/b12-10+,51-49+. The van der Waals surface area contributed by atoms with Crippen LogP contribution in [0.25, 0.3) is 0 Å². The van der Waals surface area contributed by atoms with E-state index in [-0.39, 0.29) is 18.9 Å². The van der Waals surface area contributed by atoms with Crippen LogP contribution in [0.4, 0.5) is 0 Å². The fourth-order valence-electron chi connectivity index (χ4n) is 13.1. The smallest absolute Gasteiger partial charge is 0.220 e. The minimum atomic E-state index is -1.98. The lowest BCUT2D eigenvalue weighted by Gasteiger charge is -2.48. The van der Waals surface area contributed by atoms with Crippen molar-refractivity contribution in [2.24, 2.45) is 0 Å². The highest BCUT2D eigenvalue weighted by atomic mass is 16.8. The first-order valence-corrected chi connectivity index (χ1v) is 38.1. The molecule has 3 aliphatic heterocycles. The van der Waals surface area contributed by atoms with E-state index in [0.717, 1.165) is 44.9 Å². The Balaban J connectivity index is 1.23. The van der Waals surface area contributed by atoms with Gasteiger partial charge in [-0.2, -0.15) is 0 Å². The first kappa shape index (κ1) is 85.5. The largest absolute Gasteiger partial charge is 0.394 e. The van der Waals surface area contributed by atoms with Crippen molar-refractivity contribution in [3.05, 3.63) is 24.3 Å². The van der Waals surface area contributed by atoms with Gasteiger partial charge in [-0.15, -0.1) is 0 Å². The lowest BCUT2D eigenvalue weighted by Crippen LogP contribution is -2.66. The third-order valence-electron chi connectivity index (χ3n) is 19.3. The van der Waals surface area contributed by atoms with Gasteiger partial charge in [0.25, 0.3) is 0 Å². The highest BCUT2D eigenvalue weighted by molar-refractivity contribution is 5.76. The topological polar surface area (TPSA) is 307 Å². The average molecular weight is 1330 g/mol. The van der Waals surface area contributed by atoms with Gasteiger partial charge in [0, 0.05) is 6.42 Å². The summed E-state index contributed by atoms with van der Waals surface area (Å²) in [6.45, 7) is 1.65. The maximum Gasteiger partial charge on any atom is 0.220 e. The fourth-order valence-corrected chi connectivity index (χ4v) is 13.1. The molecule has 0 spiro atoms. The summed E-state index contributed by atoms with van der Waals surface area (Å²) in [6.07, 6.45) is 39.9. The number of amides is 1. The van der Waals surface area contributed by atoms with Gasteiger partial charge in [0.05, 0.1) is 38.6 Å². The number of aliphatic hydroxyl groups is 11. The Bertz CT molecular complexity index is 1780. The zero-order chi connectivity index (χ0) is 67.5. The number of nitrogens with one attached hydrogen (secondary N) is 1. The number of carbonyl (C=O) groups excluding carboxylic acids is 1. The lowest BCUT2D eigenvalue weighted by molar-refractivity contribution is -0.379. The Morgan fingerprint density at radius 2 is 0.688 bits per heavy atom. The van der Waals surface area contributed by atoms with Crippen LogP contribution in [0.15, 0.2) is 24.3 Å². The second kappa shape index (κ2) is 56.1. The molecule has 19 heteroatoms. The van der Waals surface area contributed by atoms with Gasteiger partial charge in [-0.1, -0.05) is 301 Å². The van der Waals surface area contributed by atoms with Crippen LogP contribution < -0.4 is 5.32 Å². The number of unbranched alkanes of at least 4 members (excludes halogenated alkanes) is 42. The van der Waals surface area contributed by atoms with E-state index in [1.165, 1.54) is 231 Å². The molecule has 0 radical (unpaired) electrons. The molecule has 1 amide bonds. The van der Waals surface area contributed by atoms with Gasteiger partial charge in [-0.3, -0.25) is 4.79 Å². The summed E-state index contributed by atoms with van der Waals surface area (Å²) < 4.78 is 34.2. The van der Waals surface area contributed by atoms with Crippen molar-refractivity contribution < 1.29 is 89.4 Å². The molecule has 0 aromatic heterocycles. The van der Waals surface area contributed by atoms with E-state index in [1.807, 2.05) is 6.08 Å². The molecule has 93 heavy (non-hydrogen) atoms. The summed E-state index contributed by atoms with van der Waals surface area (Å²) in [7, 11) is 0. The molecule has 17 atom stereocenters. The van der Waals surface area contributed by atoms with Gasteiger partial charge in [0.2, 0.25) is 5.91 Å². The van der Waals surface area contributed by atoms with Crippen molar-refractivity contribution in [3.63, 3.8) is 0 Å². The molecule has 19 nitrogen and oxygen atoms in total. The number of ether oxygens (including phenoxy) is 6. The van der Waals surface area contributed by atoms with Gasteiger partial charge in [-0.05, 0) is 25.7 Å². The molecule has 3 aliphatic rings. The summed E-state index contributed by atoms with van der Waals surface area (Å²) in [5.41, 5.74) is 0. The molecule has 3 rings (SSSR count). The van der Waals surface area contributed by atoms with E-state index >= 15 is 0 Å². The van der Waals surface area contributed by atoms with Gasteiger partial charge in [0.1, 0.15) is 73.2 Å². The minimum Gasteiger partial charge on any atom is -0.394 e. The van der Waals surface area contributed by atoms with Crippen molar-refractivity contribution in [3.8, 4) is 0 Å². The van der Waals surface area contributed by atoms with Crippen LogP contribution >= 0.6 is 0 Å². The first-order chi connectivity index (χ1) is 45.3. The van der Waals surface area contributed by atoms with E-state index in [1.54, 1.807) is 6.08 Å². The molecule has 548 valence electrons. The number of hydrogen-bond donors (Lipinski definition) is 12. The van der Waals surface area contributed by atoms with Crippen LogP contribution in [-0.2, 0) is 33.2 Å². The summed E-state index contributed by atoms with van der Waals surface area (Å²) in [5.74, 6) is -0.284. The van der Waals surface area contributed by atoms with Crippen LogP contribution in [0.1, 0.15) is 309 Å². The Hall–Kier alpha value is -1.73. The lowest BCUT2D eigenvalue weighted by atomic mass is 9.96. The number of hydrogen-bond acceptors (Lipinski definition) is 18. The predicted molar refractivity (Wildman–Crippen MR) is 365 cm³/mol. The fraction of sp³-hybridized carbons (Fsp3) is 0.932. The van der Waals surface area contributed by atoms with Gasteiger partial charge in [-0.25, -0.2) is 0 Å². The first-order valence-electron chi connectivity index (χ1n) is 38.1. The monoisotopic (exact) mass is 1330 g/mol. The summed E-state index contributed by atoms with van der Waals surface area (Å²) in [6, 6.07) is -0.984. The Kier molecular flexibility index (Phi) is 51.5. The molecule has 3 saturated heterocycles. The average Bonchev–Trinajstić information content (AvgIpc) is 0.797. The second-order valence-electron chi connectivity index (χ2n) is 27.5. The molecule has 3 fully saturated rings. The molecule has 0 aromatic carbocycles. The number of carbonyl (C=O) groups is 1. The SMILES string of the molecule is CCCC/C=C/CC/C=C/C(O)C(COC1OC(CO)C(OC2OC(CO)C(OC3OC(CO)C(O)C(O)C3O)C(O)C2O)C(O)C1O)NC(=O)CCCCCCCCCCCCCCCCCCCCCCCCCCCCCCCCCCCCCCCCCC.